The van der Waals surface area contributed by atoms with Gasteiger partial charge in [0, 0.05) is 0 Å². The van der Waals surface area contributed by atoms with Crippen molar-refractivity contribution in [3.63, 3.8) is 0 Å². The summed E-state index contributed by atoms with van der Waals surface area (Å²) in [5.41, 5.74) is -8.65. The van der Waals surface area contributed by atoms with Crippen LogP contribution in [0.1, 0.15) is 44.5 Å². The summed E-state index contributed by atoms with van der Waals surface area (Å²) in [4.78, 5) is 0. The highest BCUT2D eigenvalue weighted by atomic mass is 19.4. The Kier molecular flexibility index (Phi) is 8.73. The molecule has 0 aliphatic heterocycles. The first-order valence-corrected chi connectivity index (χ1v) is 15.4. The van der Waals surface area contributed by atoms with Crippen LogP contribution in [-0.4, -0.2) is 22.6 Å². The van der Waals surface area contributed by atoms with E-state index in [0.717, 1.165) is 48.5 Å². The average molecular weight is 669 g/mol. The molecule has 0 aromatic heterocycles. The van der Waals surface area contributed by atoms with E-state index in [1.54, 1.807) is 121 Å². The van der Waals surface area contributed by atoms with Gasteiger partial charge in [0.05, 0.1) is 0 Å². The molecule has 0 aliphatic carbocycles. The molecule has 248 valence electrons. The van der Waals surface area contributed by atoms with Crippen molar-refractivity contribution in [3.8, 4) is 0 Å². The fraction of sp³-hybridized carbons (Fsp3) is 0.122. The van der Waals surface area contributed by atoms with Gasteiger partial charge in [-0.3, -0.25) is 0 Å². The number of hydrogen-bond donors (Lipinski definition) is 2. The lowest BCUT2D eigenvalue weighted by atomic mass is 9.71. The third kappa shape index (κ3) is 5.61. The normalized spacial score (nSPS) is 12.9. The first kappa shape index (κ1) is 33.7. The van der Waals surface area contributed by atoms with E-state index in [1.165, 1.54) is 0 Å². The third-order valence-corrected chi connectivity index (χ3v) is 9.09. The Bertz CT molecular complexity index is 1750. The topological polar surface area (TPSA) is 40.5 Å². The number of benzene rings is 6. The summed E-state index contributed by atoms with van der Waals surface area (Å²) in [7, 11) is 0. The number of rotatable bonds is 8. The van der Waals surface area contributed by atoms with E-state index >= 15 is 26.3 Å². The highest BCUT2D eigenvalue weighted by molar-refractivity contribution is 5.53. The van der Waals surface area contributed by atoms with Crippen molar-refractivity contribution >= 4 is 0 Å². The Morgan fingerprint density at radius 2 is 0.449 bits per heavy atom. The molecule has 0 atom stereocenters. The standard InChI is InChI=1S/C41H30F6O2/c42-40(43,44)39(41(45,46)47,35-25-21-33(22-26-35)37(48,29-13-5-1-6-14-29)30-15-7-2-8-16-30)36-27-23-34(24-28-36)38(49,31-17-9-3-10-18-31)32-19-11-4-12-20-32/h1-28,48-49H. The summed E-state index contributed by atoms with van der Waals surface area (Å²) in [6.07, 6.45) is -11.7. The van der Waals surface area contributed by atoms with Crippen molar-refractivity contribution in [2.75, 3.05) is 0 Å². The van der Waals surface area contributed by atoms with E-state index in [1.807, 2.05) is 0 Å². The lowest BCUT2D eigenvalue weighted by molar-refractivity contribution is -0.288. The predicted octanol–water partition coefficient (Wildman–Crippen LogP) is 9.67. The average Bonchev–Trinajstić information content (AvgIpc) is 3.12. The van der Waals surface area contributed by atoms with Crippen LogP contribution in [0.5, 0.6) is 0 Å². The minimum absolute atomic E-state index is 0.0815. The van der Waals surface area contributed by atoms with Crippen LogP contribution >= 0.6 is 0 Å². The quantitative estimate of drug-likeness (QED) is 0.125. The van der Waals surface area contributed by atoms with Gasteiger partial charge in [-0.25, -0.2) is 0 Å². The Morgan fingerprint density at radius 3 is 0.653 bits per heavy atom. The molecule has 0 amide bonds. The molecule has 0 bridgehead atoms. The monoisotopic (exact) mass is 668 g/mol. The van der Waals surface area contributed by atoms with Crippen molar-refractivity contribution < 1.29 is 36.6 Å². The highest BCUT2D eigenvalue weighted by Gasteiger charge is 2.72. The van der Waals surface area contributed by atoms with Gasteiger partial charge in [-0.05, 0) is 44.5 Å². The lowest BCUT2D eigenvalue weighted by Crippen LogP contribution is -2.54. The van der Waals surface area contributed by atoms with Crippen LogP contribution < -0.4 is 0 Å². The third-order valence-electron chi connectivity index (χ3n) is 9.09. The summed E-state index contributed by atoms with van der Waals surface area (Å²) >= 11 is 0. The zero-order valence-corrected chi connectivity index (χ0v) is 25.8. The second kappa shape index (κ2) is 12.7. The second-order valence-corrected chi connectivity index (χ2v) is 11.8. The van der Waals surface area contributed by atoms with E-state index in [9.17, 15) is 10.2 Å². The maximum absolute atomic E-state index is 15.2. The SMILES string of the molecule is OC(c1ccccc1)(c1ccccc1)c1ccc(C(c2ccc(C(O)(c3ccccc3)c3ccccc3)cc2)(C(F)(F)F)C(F)(F)F)cc1. The van der Waals surface area contributed by atoms with E-state index in [-0.39, 0.29) is 11.1 Å². The molecule has 0 aliphatic rings. The van der Waals surface area contributed by atoms with Crippen molar-refractivity contribution in [2.45, 2.75) is 29.0 Å². The van der Waals surface area contributed by atoms with Gasteiger partial charge < -0.3 is 10.2 Å². The summed E-state index contributed by atoms with van der Waals surface area (Å²) in [6, 6.07) is 40.8. The van der Waals surface area contributed by atoms with Gasteiger partial charge in [-0.15, -0.1) is 0 Å². The highest BCUT2D eigenvalue weighted by Crippen LogP contribution is 2.56. The van der Waals surface area contributed by atoms with Crippen molar-refractivity contribution in [1.29, 1.82) is 0 Å². The lowest BCUT2D eigenvalue weighted by Gasteiger charge is -2.39. The van der Waals surface area contributed by atoms with Crippen molar-refractivity contribution in [3.05, 3.63) is 214 Å². The molecule has 0 saturated carbocycles. The molecule has 2 nitrogen and oxygen atoms in total. The molecule has 6 aromatic carbocycles. The molecule has 0 saturated heterocycles. The maximum atomic E-state index is 15.2. The summed E-state index contributed by atoms with van der Waals surface area (Å²) in [6.45, 7) is 0. The smallest absolute Gasteiger partial charge is 0.376 e. The fourth-order valence-electron chi connectivity index (χ4n) is 6.62. The molecule has 0 spiro atoms. The molecule has 49 heavy (non-hydrogen) atoms. The van der Waals surface area contributed by atoms with Crippen molar-refractivity contribution in [1.82, 2.24) is 0 Å². The Morgan fingerprint density at radius 1 is 0.265 bits per heavy atom. The van der Waals surface area contributed by atoms with Crippen LogP contribution in [0.4, 0.5) is 26.3 Å². The van der Waals surface area contributed by atoms with E-state index in [0.29, 0.717) is 22.3 Å². The minimum Gasteiger partial charge on any atom is -0.376 e. The summed E-state index contributed by atoms with van der Waals surface area (Å²) in [5.74, 6) is 0. The Labute approximate surface area is 279 Å². The van der Waals surface area contributed by atoms with Gasteiger partial charge in [-0.2, -0.15) is 26.3 Å². The van der Waals surface area contributed by atoms with Gasteiger partial charge >= 0.3 is 12.4 Å². The molecular formula is C41H30F6O2. The molecule has 6 aromatic rings. The van der Waals surface area contributed by atoms with E-state index in [2.05, 4.69) is 0 Å². The van der Waals surface area contributed by atoms with Crippen LogP contribution in [0.15, 0.2) is 170 Å². The number of halogens is 6. The van der Waals surface area contributed by atoms with Crippen LogP contribution in [0.2, 0.25) is 0 Å². The Hall–Kier alpha value is -5.18. The maximum Gasteiger partial charge on any atom is 0.411 e. The van der Waals surface area contributed by atoms with Crippen molar-refractivity contribution in [2.24, 2.45) is 0 Å². The van der Waals surface area contributed by atoms with Gasteiger partial charge in [0.1, 0.15) is 11.2 Å². The van der Waals surface area contributed by atoms with Gasteiger partial charge in [0.2, 0.25) is 5.41 Å². The van der Waals surface area contributed by atoms with Crippen LogP contribution in [0.25, 0.3) is 0 Å². The Balaban J connectivity index is 1.51. The number of aliphatic hydroxyl groups is 2. The fourth-order valence-corrected chi connectivity index (χ4v) is 6.62. The molecule has 0 unspecified atom stereocenters. The minimum atomic E-state index is -5.83. The zero-order chi connectivity index (χ0) is 34.9. The molecular weight excluding hydrogens is 638 g/mol. The predicted molar refractivity (Wildman–Crippen MR) is 176 cm³/mol. The summed E-state index contributed by atoms with van der Waals surface area (Å²) in [5, 5.41) is 24.2. The first-order chi connectivity index (χ1) is 23.3. The van der Waals surface area contributed by atoms with Gasteiger partial charge in [0.25, 0.3) is 0 Å². The zero-order valence-electron chi connectivity index (χ0n) is 25.8. The summed E-state index contributed by atoms with van der Waals surface area (Å²) < 4.78 is 90.9. The van der Waals surface area contributed by atoms with E-state index in [4.69, 9.17) is 0 Å². The van der Waals surface area contributed by atoms with Gasteiger partial charge in [0.15, 0.2) is 0 Å². The largest absolute Gasteiger partial charge is 0.411 e. The van der Waals surface area contributed by atoms with Crippen LogP contribution in [0.3, 0.4) is 0 Å². The van der Waals surface area contributed by atoms with Crippen LogP contribution in [0, 0.1) is 0 Å². The molecule has 8 heteroatoms. The van der Waals surface area contributed by atoms with Gasteiger partial charge in [-0.1, -0.05) is 170 Å². The molecule has 0 fully saturated rings. The second-order valence-electron chi connectivity index (χ2n) is 11.8. The molecule has 0 radical (unpaired) electrons. The number of hydrogen-bond acceptors (Lipinski definition) is 2. The molecule has 6 rings (SSSR count). The molecule has 2 N–H and O–H groups in total. The first-order valence-electron chi connectivity index (χ1n) is 15.4. The van der Waals surface area contributed by atoms with Crippen LogP contribution in [-0.2, 0) is 16.6 Å². The molecule has 0 heterocycles. The van der Waals surface area contributed by atoms with E-state index < -0.39 is 40.1 Å². The number of alkyl halides is 6.